The molecule has 1 N–H and O–H groups in total. The van der Waals surface area contributed by atoms with E-state index in [4.69, 9.17) is 14.1 Å². The van der Waals surface area contributed by atoms with Gasteiger partial charge in [-0.15, -0.1) is 0 Å². The molecule has 4 heterocycles. The van der Waals surface area contributed by atoms with Gasteiger partial charge >= 0.3 is 0 Å². The summed E-state index contributed by atoms with van der Waals surface area (Å²) in [5, 5.41) is 4.94. The number of furan rings is 1. The Kier molecular flexibility index (Phi) is 3.94. The number of ether oxygens (including phenoxy) is 1. The zero-order valence-electron chi connectivity index (χ0n) is 17.5. The van der Waals surface area contributed by atoms with Gasteiger partial charge in [-0.2, -0.15) is 0 Å². The number of fused-ring (bicyclic) bond motifs is 4. The van der Waals surface area contributed by atoms with E-state index in [1.165, 1.54) is 12.1 Å². The van der Waals surface area contributed by atoms with Crippen molar-refractivity contribution >= 4 is 33.1 Å². The van der Waals surface area contributed by atoms with Gasteiger partial charge in [0.05, 0.1) is 0 Å². The fourth-order valence-corrected chi connectivity index (χ4v) is 4.05. The monoisotopic (exact) mass is 425 g/mol. The second-order valence-corrected chi connectivity index (χ2v) is 7.76. The molecule has 0 radical (unpaired) electrons. The summed E-state index contributed by atoms with van der Waals surface area (Å²) in [6.07, 6.45) is 5.55. The first kappa shape index (κ1) is 18.4. The molecule has 0 amide bonds. The van der Waals surface area contributed by atoms with Crippen molar-refractivity contribution < 1.29 is 9.15 Å². The van der Waals surface area contributed by atoms with E-state index in [9.17, 15) is 4.79 Å². The third-order valence-corrected chi connectivity index (χ3v) is 5.74. The predicted octanol–water partition coefficient (Wildman–Crippen LogP) is 4.14. The molecule has 0 aliphatic rings. The Bertz CT molecular complexity index is 1670. The Labute approximate surface area is 181 Å². The molecule has 6 aromatic rings. The van der Waals surface area contributed by atoms with E-state index in [1.54, 1.807) is 12.3 Å². The predicted molar refractivity (Wildman–Crippen MR) is 122 cm³/mol. The molecule has 0 atom stereocenters. The van der Waals surface area contributed by atoms with Crippen LogP contribution in [0.4, 0.5) is 0 Å². The molecule has 0 spiro atoms. The zero-order chi connectivity index (χ0) is 21.8. The van der Waals surface area contributed by atoms with Crippen LogP contribution in [0.5, 0.6) is 5.75 Å². The quantitative estimate of drug-likeness (QED) is 0.458. The van der Waals surface area contributed by atoms with Gasteiger partial charge in [-0.1, -0.05) is 12.1 Å². The van der Waals surface area contributed by atoms with Gasteiger partial charge in [0.15, 0.2) is 16.7 Å². The first-order valence-electron chi connectivity index (χ1n) is 10.2. The van der Waals surface area contributed by atoms with Crippen LogP contribution < -0.4 is 10.2 Å². The van der Waals surface area contributed by atoms with Crippen LogP contribution in [0, 0.1) is 0 Å². The molecule has 2 aromatic carbocycles. The number of aromatic amines is 1. The van der Waals surface area contributed by atoms with Crippen LogP contribution in [0.1, 0.15) is 5.82 Å². The number of pyridine rings is 1. The summed E-state index contributed by atoms with van der Waals surface area (Å²) in [5.74, 6) is 1.60. The van der Waals surface area contributed by atoms with Crippen LogP contribution in [0.15, 0.2) is 70.3 Å². The Morgan fingerprint density at radius 1 is 1.09 bits per heavy atom. The lowest BCUT2D eigenvalue weighted by molar-refractivity contribution is 0.292. The molecule has 0 fully saturated rings. The maximum absolute atomic E-state index is 11.8. The molecule has 8 nitrogen and oxygen atoms in total. The summed E-state index contributed by atoms with van der Waals surface area (Å²) < 4.78 is 15.8. The van der Waals surface area contributed by atoms with Gasteiger partial charge < -0.3 is 18.8 Å². The fraction of sp³-hybridized carbons (Fsp3) is 0.125. The van der Waals surface area contributed by atoms with Gasteiger partial charge in [0.25, 0.3) is 0 Å². The van der Waals surface area contributed by atoms with E-state index in [0.29, 0.717) is 17.8 Å². The molecule has 32 heavy (non-hydrogen) atoms. The number of H-pyrrole nitrogens is 1. The highest BCUT2D eigenvalue weighted by Crippen LogP contribution is 2.39. The van der Waals surface area contributed by atoms with Crippen LogP contribution in [0.25, 0.3) is 44.2 Å². The van der Waals surface area contributed by atoms with Crippen molar-refractivity contribution in [2.24, 2.45) is 14.1 Å². The van der Waals surface area contributed by atoms with Crippen LogP contribution in [0.2, 0.25) is 0 Å². The number of hydrogen-bond acceptors (Lipinski definition) is 5. The molecule has 158 valence electrons. The van der Waals surface area contributed by atoms with E-state index in [2.05, 4.69) is 10.1 Å². The van der Waals surface area contributed by atoms with Crippen LogP contribution in [-0.2, 0) is 20.7 Å². The number of nitrogens with zero attached hydrogens (tertiary/aromatic N) is 4. The van der Waals surface area contributed by atoms with Crippen molar-refractivity contribution in [3.8, 4) is 16.9 Å². The number of nitrogens with one attached hydrogen (secondary N) is 1. The topological polar surface area (TPSA) is 90.9 Å². The molecule has 0 aliphatic heterocycles. The maximum atomic E-state index is 11.8. The van der Waals surface area contributed by atoms with Crippen molar-refractivity contribution in [3.63, 3.8) is 0 Å². The first-order valence-corrected chi connectivity index (χ1v) is 10.2. The second kappa shape index (κ2) is 6.84. The number of hydrogen-bond donors (Lipinski definition) is 1. The second-order valence-electron chi connectivity index (χ2n) is 7.76. The van der Waals surface area contributed by atoms with Gasteiger partial charge in [-0.3, -0.25) is 9.48 Å². The van der Waals surface area contributed by atoms with E-state index >= 15 is 0 Å². The Balaban J connectivity index is 1.49. The van der Waals surface area contributed by atoms with Crippen molar-refractivity contribution in [1.29, 1.82) is 0 Å². The largest absolute Gasteiger partial charge is 0.486 e. The van der Waals surface area contributed by atoms with E-state index in [0.717, 1.165) is 44.6 Å². The van der Waals surface area contributed by atoms with Gasteiger partial charge in [0, 0.05) is 55.1 Å². The molecule has 0 saturated heterocycles. The van der Waals surface area contributed by atoms with Gasteiger partial charge in [-0.25, -0.2) is 9.97 Å². The molecular formula is C24H19N5O3. The summed E-state index contributed by atoms with van der Waals surface area (Å²) in [7, 11) is 3.85. The standard InChI is InChI=1S/C24H19N5O3/c1-28-10-9-25-20(28)13-31-16-6-3-14(4-7-16)21-18-12-26-29(2)24(18)27-22-17-8-5-15(30)11-19(17)32-23(21)22/h3-12,26H,13H2,1-2H3. The van der Waals surface area contributed by atoms with Crippen LogP contribution in [0.3, 0.4) is 0 Å². The van der Waals surface area contributed by atoms with Crippen molar-refractivity contribution in [3.05, 3.63) is 77.1 Å². The average Bonchev–Trinajstić information content (AvgIpc) is 3.48. The lowest BCUT2D eigenvalue weighted by atomic mass is 10.0. The number of benzene rings is 2. The molecule has 0 unspecified atom stereocenters. The lowest BCUT2D eigenvalue weighted by Gasteiger charge is -2.09. The third kappa shape index (κ3) is 2.80. The summed E-state index contributed by atoms with van der Waals surface area (Å²) in [6, 6.07) is 12.7. The minimum atomic E-state index is -0.0924. The summed E-state index contributed by atoms with van der Waals surface area (Å²) in [6.45, 7) is 0.390. The van der Waals surface area contributed by atoms with E-state index in [-0.39, 0.29) is 5.43 Å². The molecular weight excluding hydrogens is 406 g/mol. The molecule has 0 saturated carbocycles. The minimum Gasteiger partial charge on any atom is -0.486 e. The molecule has 4 aromatic heterocycles. The normalized spacial score (nSPS) is 11.7. The highest BCUT2D eigenvalue weighted by atomic mass is 16.5. The Morgan fingerprint density at radius 3 is 2.72 bits per heavy atom. The third-order valence-electron chi connectivity index (χ3n) is 5.74. The molecule has 6 rings (SSSR count). The maximum Gasteiger partial charge on any atom is 0.182 e. The highest BCUT2D eigenvalue weighted by molar-refractivity contribution is 6.14. The first-order chi connectivity index (χ1) is 15.6. The number of aryl methyl sites for hydroxylation is 2. The summed E-state index contributed by atoms with van der Waals surface area (Å²) in [5.41, 5.74) is 4.51. The zero-order valence-corrected chi connectivity index (χ0v) is 17.5. The van der Waals surface area contributed by atoms with Gasteiger partial charge in [0.1, 0.15) is 29.3 Å². The lowest BCUT2D eigenvalue weighted by Crippen LogP contribution is -2.02. The summed E-state index contributed by atoms with van der Waals surface area (Å²) >= 11 is 0. The number of rotatable bonds is 4. The van der Waals surface area contributed by atoms with Gasteiger partial charge in [0.2, 0.25) is 0 Å². The highest BCUT2D eigenvalue weighted by Gasteiger charge is 2.19. The Morgan fingerprint density at radius 2 is 1.94 bits per heavy atom. The Hall–Kier alpha value is -4.33. The molecule has 8 heteroatoms. The van der Waals surface area contributed by atoms with Crippen molar-refractivity contribution in [2.75, 3.05) is 0 Å². The van der Waals surface area contributed by atoms with Crippen molar-refractivity contribution in [1.82, 2.24) is 24.3 Å². The number of imidazole rings is 1. The van der Waals surface area contributed by atoms with Crippen molar-refractivity contribution in [2.45, 2.75) is 6.61 Å². The minimum absolute atomic E-state index is 0.0924. The van der Waals surface area contributed by atoms with Crippen LogP contribution in [-0.4, -0.2) is 24.3 Å². The molecule has 0 bridgehead atoms. The van der Waals surface area contributed by atoms with Gasteiger partial charge in [-0.05, 0) is 29.8 Å². The number of aromatic nitrogens is 5. The summed E-state index contributed by atoms with van der Waals surface area (Å²) in [4.78, 5) is 21.0. The fourth-order valence-electron chi connectivity index (χ4n) is 4.05. The SMILES string of the molecule is Cn1ccnc1COc1ccc(-c2c3c[nH]n(C)c3nc3c2oc2cc(=O)ccc23)cc1. The van der Waals surface area contributed by atoms with E-state index in [1.807, 2.05) is 60.0 Å². The van der Waals surface area contributed by atoms with E-state index < -0.39 is 0 Å². The van der Waals surface area contributed by atoms with Crippen LogP contribution >= 0.6 is 0 Å². The smallest absolute Gasteiger partial charge is 0.182 e. The average molecular weight is 425 g/mol. The molecule has 0 aliphatic carbocycles.